The van der Waals surface area contributed by atoms with Crippen molar-refractivity contribution in [2.24, 2.45) is 5.73 Å². The molecule has 3 N–H and O–H groups in total. The minimum absolute atomic E-state index is 0.114. The lowest BCUT2D eigenvalue weighted by atomic mass is 10.2. The lowest BCUT2D eigenvalue weighted by molar-refractivity contribution is 0.394. The molecule has 1 aliphatic heterocycles. The molecule has 2 heterocycles. The van der Waals surface area contributed by atoms with Crippen molar-refractivity contribution in [2.45, 2.75) is 30.0 Å². The Morgan fingerprint density at radius 3 is 2.82 bits per heavy atom. The minimum Gasteiger partial charge on any atom is -0.329 e. The lowest BCUT2D eigenvalue weighted by Crippen LogP contribution is -2.39. The molecule has 0 saturated carbocycles. The number of sulfonamides is 1. The van der Waals surface area contributed by atoms with Crippen molar-refractivity contribution >= 4 is 21.4 Å². The summed E-state index contributed by atoms with van der Waals surface area (Å²) in [6.45, 7) is 2.39. The summed E-state index contributed by atoms with van der Waals surface area (Å²) >= 11 is 0.739. The van der Waals surface area contributed by atoms with Crippen LogP contribution < -0.4 is 10.6 Å². The largest absolute Gasteiger partial charge is 0.329 e. The van der Waals surface area contributed by atoms with Gasteiger partial charge in [0.15, 0.2) is 4.21 Å². The summed E-state index contributed by atoms with van der Waals surface area (Å²) in [5, 5.41) is 0. The smallest absolute Gasteiger partial charge is 0.305 e. The number of aryl methyl sites for hydroxylation is 1. The van der Waals surface area contributed by atoms with Crippen molar-refractivity contribution in [1.29, 1.82) is 0 Å². The second-order valence-electron chi connectivity index (χ2n) is 4.07. The van der Waals surface area contributed by atoms with Gasteiger partial charge in [-0.25, -0.2) is 8.42 Å². The number of aromatic nitrogens is 1. The molecule has 1 unspecified atom stereocenters. The van der Waals surface area contributed by atoms with E-state index in [-0.39, 0.29) is 15.1 Å². The summed E-state index contributed by atoms with van der Waals surface area (Å²) in [5.74, 6) is 0. The molecule has 1 aromatic rings. The average Bonchev–Trinajstić information content (AvgIpc) is 2.84. The molecule has 0 aliphatic carbocycles. The van der Waals surface area contributed by atoms with Gasteiger partial charge in [0.2, 0.25) is 0 Å². The van der Waals surface area contributed by atoms with Crippen LogP contribution in [0.5, 0.6) is 0 Å². The first-order valence-corrected chi connectivity index (χ1v) is 7.64. The first kappa shape index (κ1) is 12.7. The van der Waals surface area contributed by atoms with Crippen LogP contribution in [0.25, 0.3) is 0 Å². The minimum atomic E-state index is -3.57. The highest BCUT2D eigenvalue weighted by Gasteiger charge is 2.36. The number of nitrogens with two attached hydrogens (primary N) is 1. The van der Waals surface area contributed by atoms with Gasteiger partial charge >= 0.3 is 4.87 Å². The first-order chi connectivity index (χ1) is 7.96. The van der Waals surface area contributed by atoms with Gasteiger partial charge in [-0.1, -0.05) is 11.3 Å². The number of rotatable bonds is 3. The molecule has 0 radical (unpaired) electrons. The predicted octanol–water partition coefficient (Wildman–Crippen LogP) is -0.143. The molecule has 1 saturated heterocycles. The molecule has 96 valence electrons. The fraction of sp³-hybridized carbons (Fsp3) is 0.667. The van der Waals surface area contributed by atoms with Crippen molar-refractivity contribution in [1.82, 2.24) is 9.29 Å². The van der Waals surface area contributed by atoms with Gasteiger partial charge in [-0.3, -0.25) is 4.79 Å². The van der Waals surface area contributed by atoms with E-state index in [1.807, 2.05) is 0 Å². The van der Waals surface area contributed by atoms with Crippen LogP contribution in [-0.2, 0) is 10.0 Å². The number of H-pyrrole nitrogens is 1. The maximum atomic E-state index is 12.4. The van der Waals surface area contributed by atoms with Crippen molar-refractivity contribution < 1.29 is 8.42 Å². The van der Waals surface area contributed by atoms with Crippen LogP contribution in [0.2, 0.25) is 0 Å². The third-order valence-electron chi connectivity index (χ3n) is 2.92. The summed E-state index contributed by atoms with van der Waals surface area (Å²) in [7, 11) is -3.57. The predicted molar refractivity (Wildman–Crippen MR) is 65.6 cm³/mol. The first-order valence-electron chi connectivity index (χ1n) is 5.38. The Labute approximate surface area is 103 Å². The third-order valence-corrected chi connectivity index (χ3v) is 6.45. The zero-order valence-corrected chi connectivity index (χ0v) is 11.1. The van der Waals surface area contributed by atoms with E-state index in [0.29, 0.717) is 18.8 Å². The Balaban J connectivity index is 2.43. The molecular formula is C9H15N3O3S2. The molecule has 6 nitrogen and oxygen atoms in total. The normalized spacial score (nSPS) is 22.1. The van der Waals surface area contributed by atoms with Gasteiger partial charge in [0.05, 0.1) is 0 Å². The van der Waals surface area contributed by atoms with Gasteiger partial charge in [0, 0.05) is 24.8 Å². The van der Waals surface area contributed by atoms with Crippen LogP contribution in [0.1, 0.15) is 18.5 Å². The molecule has 0 spiro atoms. The fourth-order valence-electron chi connectivity index (χ4n) is 2.10. The molecule has 0 amide bonds. The highest BCUT2D eigenvalue weighted by Crippen LogP contribution is 2.28. The summed E-state index contributed by atoms with van der Waals surface area (Å²) in [6.07, 6.45) is 1.60. The summed E-state index contributed by atoms with van der Waals surface area (Å²) in [6, 6.07) is -0.142. The maximum Gasteiger partial charge on any atom is 0.305 e. The van der Waals surface area contributed by atoms with Crippen molar-refractivity contribution in [2.75, 3.05) is 13.1 Å². The number of nitrogens with zero attached hydrogens (tertiary/aromatic N) is 1. The molecule has 1 fully saturated rings. The van der Waals surface area contributed by atoms with E-state index < -0.39 is 10.0 Å². The second kappa shape index (κ2) is 4.52. The van der Waals surface area contributed by atoms with E-state index in [9.17, 15) is 13.2 Å². The molecule has 2 rings (SSSR count). The van der Waals surface area contributed by atoms with E-state index in [1.54, 1.807) is 6.92 Å². The third kappa shape index (κ3) is 2.17. The van der Waals surface area contributed by atoms with E-state index in [2.05, 4.69) is 4.98 Å². The topological polar surface area (TPSA) is 96.3 Å². The molecule has 1 aliphatic rings. The molecule has 0 bridgehead atoms. The van der Waals surface area contributed by atoms with Crippen molar-refractivity contribution in [3.05, 3.63) is 15.4 Å². The SMILES string of the molecule is Cc1[nH]c(=O)sc1S(=O)(=O)N1CCCC1CN. The molecule has 1 atom stereocenters. The Hall–Kier alpha value is -0.700. The number of hydrogen-bond acceptors (Lipinski definition) is 5. The second-order valence-corrected chi connectivity index (χ2v) is 7.14. The van der Waals surface area contributed by atoms with Gasteiger partial charge < -0.3 is 10.7 Å². The Morgan fingerprint density at radius 1 is 1.59 bits per heavy atom. The fourth-order valence-corrected chi connectivity index (χ4v) is 5.22. The molecule has 17 heavy (non-hydrogen) atoms. The number of hydrogen-bond donors (Lipinski definition) is 2. The van der Waals surface area contributed by atoms with E-state index in [1.165, 1.54) is 4.31 Å². The zero-order valence-electron chi connectivity index (χ0n) is 9.47. The summed E-state index contributed by atoms with van der Waals surface area (Å²) in [5.41, 5.74) is 5.98. The van der Waals surface area contributed by atoms with Gasteiger partial charge in [-0.05, 0) is 19.8 Å². The molecule has 8 heteroatoms. The number of nitrogens with one attached hydrogen (secondary N) is 1. The Bertz CT molecular complexity index is 560. The highest BCUT2D eigenvalue weighted by atomic mass is 32.2. The quantitative estimate of drug-likeness (QED) is 0.803. The van der Waals surface area contributed by atoms with Crippen LogP contribution in [0.3, 0.4) is 0 Å². The van der Waals surface area contributed by atoms with Crippen molar-refractivity contribution in [3.8, 4) is 0 Å². The number of thiazole rings is 1. The highest BCUT2D eigenvalue weighted by molar-refractivity contribution is 7.91. The van der Waals surface area contributed by atoms with E-state index >= 15 is 0 Å². The summed E-state index contributed by atoms with van der Waals surface area (Å²) in [4.78, 5) is 13.3. The maximum absolute atomic E-state index is 12.4. The van der Waals surface area contributed by atoms with E-state index in [4.69, 9.17) is 5.73 Å². The molecular weight excluding hydrogens is 262 g/mol. The Morgan fingerprint density at radius 2 is 2.29 bits per heavy atom. The number of aromatic amines is 1. The van der Waals surface area contributed by atoms with Crippen molar-refractivity contribution in [3.63, 3.8) is 0 Å². The van der Waals surface area contributed by atoms with Crippen LogP contribution in [-0.4, -0.2) is 36.8 Å². The lowest BCUT2D eigenvalue weighted by Gasteiger charge is -2.22. The van der Waals surface area contributed by atoms with Gasteiger partial charge in [0.1, 0.15) is 0 Å². The van der Waals surface area contributed by atoms with Crippen LogP contribution in [0.15, 0.2) is 9.00 Å². The Kier molecular flexibility index (Phi) is 3.39. The zero-order chi connectivity index (χ0) is 12.6. The molecule has 1 aromatic heterocycles. The van der Waals surface area contributed by atoms with Gasteiger partial charge in [-0.15, -0.1) is 0 Å². The van der Waals surface area contributed by atoms with E-state index in [0.717, 1.165) is 24.2 Å². The van der Waals surface area contributed by atoms with Gasteiger partial charge in [-0.2, -0.15) is 4.31 Å². The average molecular weight is 277 g/mol. The van der Waals surface area contributed by atoms with Gasteiger partial charge in [0.25, 0.3) is 10.0 Å². The standard InChI is InChI=1S/C9H15N3O3S2/c1-6-8(16-9(13)11-6)17(14,15)12-4-2-3-7(12)5-10/h7H,2-5,10H2,1H3,(H,11,13). The van der Waals surface area contributed by atoms with Crippen LogP contribution >= 0.6 is 11.3 Å². The van der Waals surface area contributed by atoms with Crippen LogP contribution in [0.4, 0.5) is 0 Å². The van der Waals surface area contributed by atoms with Crippen LogP contribution in [0, 0.1) is 6.92 Å². The molecule has 0 aromatic carbocycles. The monoisotopic (exact) mass is 277 g/mol. The summed E-state index contributed by atoms with van der Waals surface area (Å²) < 4.78 is 26.2.